The fourth-order valence-corrected chi connectivity index (χ4v) is 7.50. The van der Waals surface area contributed by atoms with Crippen LogP contribution in [0.25, 0.3) is 0 Å². The van der Waals surface area contributed by atoms with Crippen molar-refractivity contribution in [2.24, 2.45) is 0 Å². The molecule has 0 aromatic heterocycles. The van der Waals surface area contributed by atoms with Crippen molar-refractivity contribution in [3.8, 4) is 0 Å². The molecule has 2 heterocycles. The number of aliphatic hydroxyl groups is 7. The molecule has 0 aromatic rings. The first kappa shape index (κ1) is 55.4. The largest absolute Gasteiger partial charge is 0.462 e. The van der Waals surface area contributed by atoms with Crippen LogP contribution in [0.2, 0.25) is 0 Å². The molecule has 2 rings (SSSR count). The molecule has 2 aliphatic rings. The van der Waals surface area contributed by atoms with Gasteiger partial charge >= 0.3 is 11.9 Å². The van der Waals surface area contributed by atoms with Crippen LogP contribution in [0.15, 0.2) is 12.2 Å². The van der Waals surface area contributed by atoms with E-state index in [2.05, 4.69) is 26.0 Å². The molecule has 0 aliphatic carbocycles. The predicted octanol–water partition coefficient (Wildman–Crippen LogP) is 5.43. The normalized spacial score (nSPS) is 27.4. The third-order valence-electron chi connectivity index (χ3n) is 11.5. The second-order valence-electron chi connectivity index (χ2n) is 16.9. The van der Waals surface area contributed by atoms with Crippen molar-refractivity contribution in [3.05, 3.63) is 12.2 Å². The maximum atomic E-state index is 12.9. The third kappa shape index (κ3) is 23.7. The number of hydrogen-bond acceptors (Lipinski definition) is 15. The number of carbonyl (C=O) groups excluding carboxylic acids is 2. The van der Waals surface area contributed by atoms with Crippen molar-refractivity contribution in [3.63, 3.8) is 0 Å². The van der Waals surface area contributed by atoms with Crippen molar-refractivity contribution in [2.75, 3.05) is 26.4 Å². The number of ether oxygens (including phenoxy) is 6. The first-order valence-electron chi connectivity index (χ1n) is 23.8. The van der Waals surface area contributed by atoms with Crippen LogP contribution in [0, 0.1) is 0 Å². The monoisotopic (exact) mass is 877 g/mol. The topological polar surface area (TPSA) is 231 Å². The maximum absolute atomic E-state index is 12.9. The minimum absolute atomic E-state index is 0.168. The van der Waals surface area contributed by atoms with Gasteiger partial charge in [0.2, 0.25) is 0 Å². The standard InChI is InChI=1S/C46H84O15/c1-3-5-7-9-11-13-15-16-17-19-20-22-24-26-28-37(48)56-31-34(59-38(49)29-27-25-23-21-18-14-12-10-8-6-4-2)32-57-45-44(55)42(53)40(51)36(61-45)33-58-46-43(54)41(52)39(50)35(30-47)60-46/h15-16,34-36,39-47,50-55H,3-14,17-33H2,1-2H3/b16-15+/t34-,35-,36-,39+,40+,41?,42?,43?,44?,45-,46-/m1/s1. The third-order valence-corrected chi connectivity index (χ3v) is 11.5. The van der Waals surface area contributed by atoms with E-state index in [0.29, 0.717) is 12.8 Å². The molecular formula is C46H84O15. The minimum atomic E-state index is -1.76. The van der Waals surface area contributed by atoms with Crippen LogP contribution in [0.3, 0.4) is 0 Å². The molecule has 358 valence electrons. The van der Waals surface area contributed by atoms with Crippen LogP contribution in [0.1, 0.15) is 174 Å². The van der Waals surface area contributed by atoms with Crippen molar-refractivity contribution in [2.45, 2.75) is 242 Å². The fraction of sp³-hybridized carbons (Fsp3) is 0.913. The Hall–Kier alpha value is -1.76. The lowest BCUT2D eigenvalue weighted by atomic mass is 9.98. The van der Waals surface area contributed by atoms with Crippen molar-refractivity contribution in [1.29, 1.82) is 0 Å². The molecule has 2 fully saturated rings. The van der Waals surface area contributed by atoms with Crippen LogP contribution >= 0.6 is 0 Å². The highest BCUT2D eigenvalue weighted by Crippen LogP contribution is 2.26. The highest BCUT2D eigenvalue weighted by atomic mass is 16.7. The number of unbranched alkanes of at least 4 members (excludes halogenated alkanes) is 20. The van der Waals surface area contributed by atoms with Crippen molar-refractivity contribution < 1.29 is 73.8 Å². The SMILES string of the molecule is CCCCCCC/C=C/CCCCCCCC(=O)OC[C@H](CO[C@@H]1O[C@H](CO[C@@H]2O[C@H](CO)[C@H](O)C(O)C2O)[C@H](O)C(O)C1O)OC(=O)CCCCCCCCCCCCC. The number of allylic oxidation sites excluding steroid dienone is 2. The number of aliphatic hydroxyl groups excluding tert-OH is 7. The van der Waals surface area contributed by atoms with E-state index in [0.717, 1.165) is 57.8 Å². The average molecular weight is 877 g/mol. The molecule has 2 aliphatic heterocycles. The van der Waals surface area contributed by atoms with Gasteiger partial charge in [0.1, 0.15) is 55.4 Å². The molecule has 2 saturated heterocycles. The fourth-order valence-electron chi connectivity index (χ4n) is 7.50. The van der Waals surface area contributed by atoms with Gasteiger partial charge < -0.3 is 64.2 Å². The Morgan fingerprint density at radius 1 is 0.508 bits per heavy atom. The van der Waals surface area contributed by atoms with Gasteiger partial charge in [0, 0.05) is 12.8 Å². The Labute approximate surface area is 365 Å². The number of rotatable bonds is 36. The Balaban J connectivity index is 1.84. The van der Waals surface area contributed by atoms with E-state index >= 15 is 0 Å². The van der Waals surface area contributed by atoms with Gasteiger partial charge in [-0.15, -0.1) is 0 Å². The van der Waals surface area contributed by atoms with Crippen LogP contribution in [-0.2, 0) is 38.0 Å². The molecule has 0 radical (unpaired) electrons. The lowest BCUT2D eigenvalue weighted by Gasteiger charge is -2.42. The molecule has 15 nitrogen and oxygen atoms in total. The number of carbonyl (C=O) groups is 2. The van der Waals surface area contributed by atoms with Crippen LogP contribution in [-0.4, -0.2) is 142 Å². The summed E-state index contributed by atoms with van der Waals surface area (Å²) in [7, 11) is 0. The van der Waals surface area contributed by atoms with Gasteiger partial charge in [0.15, 0.2) is 18.7 Å². The maximum Gasteiger partial charge on any atom is 0.306 e. The summed E-state index contributed by atoms with van der Waals surface area (Å²) in [6.45, 7) is 2.56. The van der Waals surface area contributed by atoms with E-state index in [1.807, 2.05) is 0 Å². The zero-order valence-corrected chi connectivity index (χ0v) is 37.4. The predicted molar refractivity (Wildman–Crippen MR) is 229 cm³/mol. The molecule has 4 unspecified atom stereocenters. The van der Waals surface area contributed by atoms with Gasteiger partial charge in [0.25, 0.3) is 0 Å². The van der Waals surface area contributed by atoms with Gasteiger partial charge in [-0.3, -0.25) is 9.59 Å². The van der Waals surface area contributed by atoms with Crippen LogP contribution in [0.5, 0.6) is 0 Å². The Morgan fingerprint density at radius 2 is 0.934 bits per heavy atom. The molecule has 7 N–H and O–H groups in total. The first-order valence-corrected chi connectivity index (χ1v) is 23.8. The van der Waals surface area contributed by atoms with Gasteiger partial charge in [0.05, 0.1) is 19.8 Å². The Morgan fingerprint density at radius 3 is 1.44 bits per heavy atom. The molecule has 0 spiro atoms. The zero-order chi connectivity index (χ0) is 44.7. The van der Waals surface area contributed by atoms with Gasteiger partial charge in [-0.25, -0.2) is 0 Å². The van der Waals surface area contributed by atoms with Crippen LogP contribution in [0.4, 0.5) is 0 Å². The van der Waals surface area contributed by atoms with E-state index in [1.165, 1.54) is 77.0 Å². The number of hydrogen-bond donors (Lipinski definition) is 7. The molecule has 0 amide bonds. The van der Waals surface area contributed by atoms with Gasteiger partial charge in [-0.05, 0) is 38.5 Å². The summed E-state index contributed by atoms with van der Waals surface area (Å²) < 4.78 is 33.5. The van der Waals surface area contributed by atoms with Gasteiger partial charge in [-0.2, -0.15) is 0 Å². The van der Waals surface area contributed by atoms with Crippen LogP contribution < -0.4 is 0 Å². The van der Waals surface area contributed by atoms with Crippen molar-refractivity contribution >= 4 is 11.9 Å². The minimum Gasteiger partial charge on any atom is -0.462 e. The lowest BCUT2D eigenvalue weighted by Crippen LogP contribution is -2.61. The number of esters is 2. The summed E-state index contributed by atoms with van der Waals surface area (Å²) in [5.41, 5.74) is 0. The first-order chi connectivity index (χ1) is 29.5. The summed E-state index contributed by atoms with van der Waals surface area (Å²) >= 11 is 0. The molecule has 0 saturated carbocycles. The molecular weight excluding hydrogens is 792 g/mol. The molecule has 15 heteroatoms. The summed E-state index contributed by atoms with van der Waals surface area (Å²) in [5, 5.41) is 71.9. The summed E-state index contributed by atoms with van der Waals surface area (Å²) in [6.07, 6.45) is 13.9. The quantitative estimate of drug-likeness (QED) is 0.0236. The summed E-state index contributed by atoms with van der Waals surface area (Å²) in [6, 6.07) is 0. The Kier molecular flexibility index (Phi) is 31.4. The lowest BCUT2D eigenvalue weighted by molar-refractivity contribution is -0.332. The highest BCUT2D eigenvalue weighted by Gasteiger charge is 2.47. The van der Waals surface area contributed by atoms with Crippen molar-refractivity contribution in [1.82, 2.24) is 0 Å². The van der Waals surface area contributed by atoms with E-state index in [4.69, 9.17) is 28.4 Å². The molecule has 0 bridgehead atoms. The highest BCUT2D eigenvalue weighted by molar-refractivity contribution is 5.70. The zero-order valence-electron chi connectivity index (χ0n) is 37.4. The van der Waals surface area contributed by atoms with E-state index in [1.54, 1.807) is 0 Å². The summed E-state index contributed by atoms with van der Waals surface area (Å²) in [5.74, 6) is -0.931. The second kappa shape index (κ2) is 34.6. The average Bonchev–Trinajstić information content (AvgIpc) is 3.25. The Bertz CT molecular complexity index is 1120. The smallest absolute Gasteiger partial charge is 0.306 e. The van der Waals surface area contributed by atoms with E-state index in [-0.39, 0.29) is 26.1 Å². The van der Waals surface area contributed by atoms with E-state index in [9.17, 15) is 45.3 Å². The molecule has 61 heavy (non-hydrogen) atoms. The van der Waals surface area contributed by atoms with E-state index < -0.39 is 92.7 Å². The second-order valence-corrected chi connectivity index (χ2v) is 16.9. The van der Waals surface area contributed by atoms with Gasteiger partial charge in [-0.1, -0.05) is 135 Å². The molecule has 0 aromatic carbocycles. The molecule has 11 atom stereocenters. The summed E-state index contributed by atoms with van der Waals surface area (Å²) in [4.78, 5) is 25.6.